The summed E-state index contributed by atoms with van der Waals surface area (Å²) in [6.07, 6.45) is 1.24. The summed E-state index contributed by atoms with van der Waals surface area (Å²) in [6, 6.07) is 9.07. The fourth-order valence-electron chi connectivity index (χ4n) is 1.81. The van der Waals surface area contributed by atoms with Crippen LogP contribution in [0, 0.1) is 10.7 Å². The van der Waals surface area contributed by atoms with Gasteiger partial charge in [-0.05, 0) is 41.1 Å². The number of hydrogen-bond acceptors (Lipinski definition) is 6. The van der Waals surface area contributed by atoms with Crippen LogP contribution in [-0.2, 0) is 4.79 Å². The Hall–Kier alpha value is -3.62. The average Bonchev–Trinajstić information content (AvgIpc) is 2.60. The van der Waals surface area contributed by atoms with Crippen LogP contribution < -0.4 is 10.7 Å². The zero-order chi connectivity index (χ0) is 18.2. The zero-order valence-electron chi connectivity index (χ0n) is 12.8. The lowest BCUT2D eigenvalue weighted by Gasteiger charge is -2.04. The number of nitrogens with one attached hydrogen (secondary N) is 2. The second-order valence-electron chi connectivity index (χ2n) is 4.83. The molecule has 0 heterocycles. The largest absolute Gasteiger partial charge is 0.506 e. The number of carbonyl (C=O) groups excluding carboxylic acids is 2. The Morgan fingerprint density at radius 2 is 2.00 bits per heavy atom. The first kappa shape index (κ1) is 17.7. The highest BCUT2D eigenvalue weighted by Gasteiger charge is 2.08. The number of phenols is 1. The van der Waals surface area contributed by atoms with E-state index in [-0.39, 0.29) is 23.5 Å². The van der Waals surface area contributed by atoms with Crippen molar-refractivity contribution in [3.63, 3.8) is 0 Å². The fraction of sp³-hybridized carbons (Fsp3) is 0.0625. The molecule has 25 heavy (non-hydrogen) atoms. The highest BCUT2D eigenvalue weighted by atomic mass is 19.1. The van der Waals surface area contributed by atoms with Gasteiger partial charge in [0.2, 0.25) is 0 Å². The topological polar surface area (TPSA) is 120 Å². The minimum absolute atomic E-state index is 0.0932. The first-order valence-electron chi connectivity index (χ1n) is 7.01. The van der Waals surface area contributed by atoms with Crippen molar-refractivity contribution >= 4 is 23.7 Å². The molecule has 2 aromatic rings. The Labute approximate surface area is 141 Å². The van der Waals surface area contributed by atoms with E-state index >= 15 is 0 Å². The van der Waals surface area contributed by atoms with E-state index in [9.17, 15) is 24.0 Å². The smallest absolute Gasteiger partial charge is 0.259 e. The molecule has 0 aliphatic heterocycles. The number of phenolic OH excluding ortho intramolecular Hbond substituents is 1. The molecule has 0 spiro atoms. The molecule has 0 fully saturated rings. The number of rotatable bonds is 6. The van der Waals surface area contributed by atoms with Crippen molar-refractivity contribution in [2.24, 2.45) is 10.3 Å². The molecule has 0 radical (unpaired) electrons. The summed E-state index contributed by atoms with van der Waals surface area (Å²) in [7, 11) is 0. The van der Waals surface area contributed by atoms with Crippen molar-refractivity contribution in [1.29, 1.82) is 0 Å². The summed E-state index contributed by atoms with van der Waals surface area (Å²) in [4.78, 5) is 33.7. The van der Waals surface area contributed by atoms with Crippen molar-refractivity contribution in [1.82, 2.24) is 10.7 Å². The Kier molecular flexibility index (Phi) is 5.88. The standard InChI is InChI=1S/C16H13FN4O4/c17-12-3-1-2-11(7-12)16(24)18-9-15(23)20-19-8-10-4-5-13(21-25)14(22)6-10/h1-8,22H,9H2,(H,18,24)(H,20,23)/b19-8+. The number of hydrazone groups is 1. The number of halogens is 1. The van der Waals surface area contributed by atoms with Crippen molar-refractivity contribution in [3.8, 4) is 5.75 Å². The Morgan fingerprint density at radius 1 is 1.20 bits per heavy atom. The van der Waals surface area contributed by atoms with E-state index in [1.165, 1.54) is 42.6 Å². The molecule has 0 bridgehead atoms. The monoisotopic (exact) mass is 344 g/mol. The third kappa shape index (κ3) is 5.20. The molecule has 0 aromatic heterocycles. The van der Waals surface area contributed by atoms with Gasteiger partial charge in [0.1, 0.15) is 17.3 Å². The van der Waals surface area contributed by atoms with Gasteiger partial charge in [0.05, 0.1) is 12.8 Å². The number of hydrogen-bond donors (Lipinski definition) is 3. The number of carbonyl (C=O) groups is 2. The summed E-state index contributed by atoms with van der Waals surface area (Å²) >= 11 is 0. The highest BCUT2D eigenvalue weighted by molar-refractivity contribution is 5.96. The van der Waals surface area contributed by atoms with Gasteiger partial charge < -0.3 is 10.4 Å². The van der Waals surface area contributed by atoms with Crippen LogP contribution in [0.5, 0.6) is 5.75 Å². The predicted molar refractivity (Wildman–Crippen MR) is 88.0 cm³/mol. The first-order chi connectivity index (χ1) is 12.0. The molecule has 2 aromatic carbocycles. The molecule has 0 saturated heterocycles. The van der Waals surface area contributed by atoms with Gasteiger partial charge in [-0.2, -0.15) is 5.10 Å². The normalized spacial score (nSPS) is 10.4. The van der Waals surface area contributed by atoms with Crippen LogP contribution >= 0.6 is 0 Å². The van der Waals surface area contributed by atoms with Crippen molar-refractivity contribution < 1.29 is 19.1 Å². The summed E-state index contributed by atoms with van der Waals surface area (Å²) in [6.45, 7) is -0.355. The van der Waals surface area contributed by atoms with Gasteiger partial charge in [-0.25, -0.2) is 9.82 Å². The van der Waals surface area contributed by atoms with E-state index in [1.54, 1.807) is 0 Å². The Balaban J connectivity index is 1.83. The lowest BCUT2D eigenvalue weighted by molar-refractivity contribution is -0.120. The SMILES string of the molecule is O=Nc1ccc(/C=N/NC(=O)CNC(=O)c2cccc(F)c2)cc1O. The van der Waals surface area contributed by atoms with Crippen LogP contribution in [0.4, 0.5) is 10.1 Å². The molecule has 0 saturated carbocycles. The quantitative estimate of drug-likeness (QED) is 0.420. The van der Waals surface area contributed by atoms with Crippen LogP contribution in [0.25, 0.3) is 0 Å². The summed E-state index contributed by atoms with van der Waals surface area (Å²) in [5, 5.41) is 18.0. The van der Waals surface area contributed by atoms with Gasteiger partial charge in [0.25, 0.3) is 11.8 Å². The van der Waals surface area contributed by atoms with E-state index in [0.717, 1.165) is 6.07 Å². The van der Waals surface area contributed by atoms with Crippen LogP contribution in [0.15, 0.2) is 52.7 Å². The van der Waals surface area contributed by atoms with E-state index < -0.39 is 17.6 Å². The second-order valence-corrected chi connectivity index (χ2v) is 4.83. The summed E-state index contributed by atoms with van der Waals surface area (Å²) in [5.41, 5.74) is 2.58. The van der Waals surface area contributed by atoms with Gasteiger partial charge >= 0.3 is 0 Å². The highest BCUT2D eigenvalue weighted by Crippen LogP contribution is 2.25. The number of benzene rings is 2. The maximum atomic E-state index is 13.0. The average molecular weight is 344 g/mol. The lowest BCUT2D eigenvalue weighted by Crippen LogP contribution is -2.34. The number of aromatic hydroxyl groups is 1. The minimum Gasteiger partial charge on any atom is -0.506 e. The molecule has 0 unspecified atom stereocenters. The molecule has 8 nitrogen and oxygen atoms in total. The van der Waals surface area contributed by atoms with Gasteiger partial charge in [-0.1, -0.05) is 12.1 Å². The van der Waals surface area contributed by atoms with Crippen LogP contribution in [0.3, 0.4) is 0 Å². The van der Waals surface area contributed by atoms with E-state index in [1.807, 2.05) is 0 Å². The number of amides is 2. The Bertz CT molecular complexity index is 839. The van der Waals surface area contributed by atoms with Crippen molar-refractivity contribution in [3.05, 3.63) is 64.3 Å². The molecule has 0 aliphatic carbocycles. The summed E-state index contributed by atoms with van der Waals surface area (Å²) in [5.74, 6) is -2.06. The van der Waals surface area contributed by atoms with Gasteiger partial charge in [-0.15, -0.1) is 4.91 Å². The second kappa shape index (κ2) is 8.29. The minimum atomic E-state index is -0.601. The van der Waals surface area contributed by atoms with E-state index in [2.05, 4.69) is 21.0 Å². The Morgan fingerprint density at radius 3 is 2.68 bits per heavy atom. The van der Waals surface area contributed by atoms with Gasteiger partial charge in [0.15, 0.2) is 0 Å². The van der Waals surface area contributed by atoms with Crippen molar-refractivity contribution in [2.45, 2.75) is 0 Å². The van der Waals surface area contributed by atoms with Crippen LogP contribution in [0.2, 0.25) is 0 Å². The lowest BCUT2D eigenvalue weighted by atomic mass is 10.2. The van der Waals surface area contributed by atoms with Crippen LogP contribution in [-0.4, -0.2) is 29.7 Å². The van der Waals surface area contributed by atoms with E-state index in [4.69, 9.17) is 0 Å². The van der Waals surface area contributed by atoms with E-state index in [0.29, 0.717) is 5.56 Å². The van der Waals surface area contributed by atoms with Crippen LogP contribution in [0.1, 0.15) is 15.9 Å². The molecule has 3 N–H and O–H groups in total. The molecule has 0 atom stereocenters. The molecule has 2 rings (SSSR count). The predicted octanol–water partition coefficient (Wildman–Crippen LogP) is 1.81. The maximum absolute atomic E-state index is 13.0. The molecule has 0 aliphatic rings. The number of nitrogens with zero attached hydrogens (tertiary/aromatic N) is 2. The maximum Gasteiger partial charge on any atom is 0.259 e. The first-order valence-corrected chi connectivity index (χ1v) is 7.01. The third-order valence-electron chi connectivity index (χ3n) is 3.00. The molecule has 2 amide bonds. The van der Waals surface area contributed by atoms with Gasteiger partial charge in [0, 0.05) is 5.56 Å². The molecule has 128 valence electrons. The van der Waals surface area contributed by atoms with Gasteiger partial charge in [-0.3, -0.25) is 9.59 Å². The fourth-order valence-corrected chi connectivity index (χ4v) is 1.81. The van der Waals surface area contributed by atoms with Crippen molar-refractivity contribution in [2.75, 3.05) is 6.54 Å². The zero-order valence-corrected chi connectivity index (χ0v) is 12.8. The molecular weight excluding hydrogens is 331 g/mol. The third-order valence-corrected chi connectivity index (χ3v) is 3.00. The molecular formula is C16H13FN4O4. The summed E-state index contributed by atoms with van der Waals surface area (Å²) < 4.78 is 13.0. The number of nitroso groups, excluding NO2 is 1. The molecule has 9 heteroatoms.